The number of nitrogens with one attached hydrogen (secondary N) is 2. The second kappa shape index (κ2) is 9.37. The number of anilines is 3. The smallest absolute Gasteiger partial charge is 0.250 e. The second-order valence-electron chi connectivity index (χ2n) is 9.08. The molecule has 0 unspecified atom stereocenters. The first-order valence-corrected chi connectivity index (χ1v) is 12.1. The van der Waals surface area contributed by atoms with Crippen LogP contribution in [-0.2, 0) is 0 Å². The minimum Gasteiger partial charge on any atom is -0.368 e. The van der Waals surface area contributed by atoms with Crippen LogP contribution in [0.4, 0.5) is 17.1 Å². The molecule has 0 aliphatic carbocycles. The van der Waals surface area contributed by atoms with E-state index >= 15 is 0 Å². The molecule has 3 aromatic carbocycles. The fourth-order valence-corrected chi connectivity index (χ4v) is 5.08. The van der Waals surface area contributed by atoms with E-state index in [1.807, 2.05) is 37.3 Å². The molecule has 1 saturated heterocycles. The fourth-order valence-electron chi connectivity index (χ4n) is 4.27. The highest BCUT2D eigenvalue weighted by Crippen LogP contribution is 2.38. The molecule has 172 valence electrons. The van der Waals surface area contributed by atoms with Crippen molar-refractivity contribution in [3.05, 3.63) is 75.2 Å². The third-order valence-electron chi connectivity index (χ3n) is 5.96. The van der Waals surface area contributed by atoms with Crippen LogP contribution >= 0.6 is 27.5 Å². The number of primary amides is 1. The Hall–Kier alpha value is -2.54. The number of amides is 1. The maximum absolute atomic E-state index is 12.3. The van der Waals surface area contributed by atoms with Gasteiger partial charge in [-0.25, -0.2) is 0 Å². The average molecular weight is 528 g/mol. The first kappa shape index (κ1) is 23.6. The van der Waals surface area contributed by atoms with Gasteiger partial charge in [0.2, 0.25) is 0 Å². The first-order valence-electron chi connectivity index (χ1n) is 10.9. The van der Waals surface area contributed by atoms with Gasteiger partial charge in [0, 0.05) is 45.9 Å². The van der Waals surface area contributed by atoms with Gasteiger partial charge < -0.3 is 21.3 Å². The van der Waals surface area contributed by atoms with E-state index in [9.17, 15) is 4.79 Å². The molecule has 0 saturated carbocycles. The fraction of sp³-hybridized carbons (Fsp3) is 0.269. The lowest BCUT2D eigenvalue weighted by Gasteiger charge is -2.40. The molecule has 1 amide bonds. The molecule has 0 aromatic heterocycles. The molecule has 1 fully saturated rings. The largest absolute Gasteiger partial charge is 0.368 e. The molecule has 0 spiro atoms. The predicted molar refractivity (Wildman–Crippen MR) is 142 cm³/mol. The number of nitrogens with zero attached hydrogens (tertiary/aromatic N) is 1. The number of hydrogen-bond acceptors (Lipinski definition) is 4. The number of aryl methyl sites for hydroxylation is 1. The van der Waals surface area contributed by atoms with Crippen molar-refractivity contribution < 1.29 is 4.79 Å². The molecule has 4 N–H and O–H groups in total. The Labute approximate surface area is 208 Å². The maximum atomic E-state index is 12.3. The zero-order chi connectivity index (χ0) is 23.8. The lowest BCUT2D eigenvalue weighted by atomic mass is 9.97. The Kier molecular flexibility index (Phi) is 6.71. The van der Waals surface area contributed by atoms with Gasteiger partial charge in [-0.05, 0) is 78.2 Å². The standard InChI is InChI=1S/C26H28BrClN4O/c1-16-7-9-18(28)14-22(16)31-24-19(5-4-6-20(24)25(29)33)17-8-10-23(21(27)13-17)32-12-11-30-26(2,3)15-32/h4-10,13-14,30-31H,11-12,15H2,1-3H3,(H2,29,33). The zero-order valence-corrected chi connectivity index (χ0v) is 21.3. The number of carbonyl (C=O) groups is 1. The monoisotopic (exact) mass is 526 g/mol. The Morgan fingerprint density at radius 2 is 1.97 bits per heavy atom. The number of halogens is 2. The molecule has 0 radical (unpaired) electrons. The highest BCUT2D eigenvalue weighted by molar-refractivity contribution is 9.10. The molecule has 1 aliphatic rings. The van der Waals surface area contributed by atoms with Crippen molar-refractivity contribution in [2.45, 2.75) is 26.3 Å². The summed E-state index contributed by atoms with van der Waals surface area (Å²) >= 11 is 10.0. The summed E-state index contributed by atoms with van der Waals surface area (Å²) in [4.78, 5) is 14.7. The third kappa shape index (κ3) is 5.18. The Morgan fingerprint density at radius 1 is 1.18 bits per heavy atom. The first-order chi connectivity index (χ1) is 15.6. The number of para-hydroxylation sites is 1. The molecular formula is C26H28BrClN4O. The van der Waals surface area contributed by atoms with Crippen molar-refractivity contribution in [2.24, 2.45) is 5.73 Å². The van der Waals surface area contributed by atoms with Crippen LogP contribution in [0.3, 0.4) is 0 Å². The molecule has 1 aliphatic heterocycles. The number of piperazine rings is 1. The number of hydrogen-bond donors (Lipinski definition) is 3. The van der Waals surface area contributed by atoms with E-state index in [1.54, 1.807) is 6.07 Å². The van der Waals surface area contributed by atoms with Crippen LogP contribution < -0.4 is 21.3 Å². The molecule has 33 heavy (non-hydrogen) atoms. The number of benzene rings is 3. The summed E-state index contributed by atoms with van der Waals surface area (Å²) in [5.41, 5.74) is 11.7. The summed E-state index contributed by atoms with van der Waals surface area (Å²) in [7, 11) is 0. The van der Waals surface area contributed by atoms with Crippen molar-refractivity contribution >= 4 is 50.5 Å². The van der Waals surface area contributed by atoms with Crippen LogP contribution in [-0.4, -0.2) is 31.1 Å². The Bertz CT molecular complexity index is 1210. The molecule has 7 heteroatoms. The van der Waals surface area contributed by atoms with Crippen molar-refractivity contribution in [2.75, 3.05) is 29.9 Å². The van der Waals surface area contributed by atoms with Crippen LogP contribution in [0.5, 0.6) is 0 Å². The third-order valence-corrected chi connectivity index (χ3v) is 6.83. The predicted octanol–water partition coefficient (Wildman–Crippen LogP) is 6.11. The van der Waals surface area contributed by atoms with E-state index in [0.717, 1.165) is 52.2 Å². The van der Waals surface area contributed by atoms with E-state index in [2.05, 4.69) is 63.5 Å². The molecule has 3 aromatic rings. The quantitative estimate of drug-likeness (QED) is 0.374. The molecule has 4 rings (SSSR count). The molecule has 0 atom stereocenters. The SMILES string of the molecule is Cc1ccc(Cl)cc1Nc1c(C(N)=O)cccc1-c1ccc(N2CCNC(C)(C)C2)c(Br)c1. The second-order valence-corrected chi connectivity index (χ2v) is 10.4. The van der Waals surface area contributed by atoms with E-state index < -0.39 is 5.91 Å². The van der Waals surface area contributed by atoms with Gasteiger partial charge in [0.15, 0.2) is 0 Å². The highest BCUT2D eigenvalue weighted by atomic mass is 79.9. The Balaban J connectivity index is 1.76. The lowest BCUT2D eigenvalue weighted by Crippen LogP contribution is -2.57. The lowest BCUT2D eigenvalue weighted by molar-refractivity contribution is 0.100. The highest BCUT2D eigenvalue weighted by Gasteiger charge is 2.27. The minimum atomic E-state index is -0.488. The van der Waals surface area contributed by atoms with Gasteiger partial charge in [-0.3, -0.25) is 4.79 Å². The average Bonchev–Trinajstić information content (AvgIpc) is 2.75. The number of nitrogens with two attached hydrogens (primary N) is 1. The van der Waals surface area contributed by atoms with Gasteiger partial charge in [-0.1, -0.05) is 35.9 Å². The normalized spacial score (nSPS) is 15.4. The van der Waals surface area contributed by atoms with E-state index in [1.165, 1.54) is 0 Å². The summed E-state index contributed by atoms with van der Waals surface area (Å²) in [5, 5.41) is 7.59. The van der Waals surface area contributed by atoms with Gasteiger partial charge in [0.05, 0.1) is 16.9 Å². The molecular weight excluding hydrogens is 500 g/mol. The number of carbonyl (C=O) groups excluding carboxylic acids is 1. The number of rotatable bonds is 5. The van der Waals surface area contributed by atoms with Crippen molar-refractivity contribution in [3.63, 3.8) is 0 Å². The van der Waals surface area contributed by atoms with Gasteiger partial charge >= 0.3 is 0 Å². The van der Waals surface area contributed by atoms with Gasteiger partial charge in [0.1, 0.15) is 0 Å². The van der Waals surface area contributed by atoms with E-state index in [-0.39, 0.29) is 5.54 Å². The summed E-state index contributed by atoms with van der Waals surface area (Å²) in [6.07, 6.45) is 0. The summed E-state index contributed by atoms with van der Waals surface area (Å²) in [6, 6.07) is 17.5. The van der Waals surface area contributed by atoms with Crippen LogP contribution in [0, 0.1) is 6.92 Å². The van der Waals surface area contributed by atoms with Crippen LogP contribution in [0.25, 0.3) is 11.1 Å². The van der Waals surface area contributed by atoms with Crippen LogP contribution in [0.1, 0.15) is 29.8 Å². The molecule has 0 bridgehead atoms. The van der Waals surface area contributed by atoms with Crippen molar-refractivity contribution in [3.8, 4) is 11.1 Å². The van der Waals surface area contributed by atoms with Gasteiger partial charge in [0.25, 0.3) is 5.91 Å². The van der Waals surface area contributed by atoms with Crippen molar-refractivity contribution in [1.29, 1.82) is 0 Å². The van der Waals surface area contributed by atoms with Crippen LogP contribution in [0.15, 0.2) is 59.1 Å². The Morgan fingerprint density at radius 3 is 2.67 bits per heavy atom. The zero-order valence-electron chi connectivity index (χ0n) is 19.0. The van der Waals surface area contributed by atoms with Crippen LogP contribution in [0.2, 0.25) is 5.02 Å². The summed E-state index contributed by atoms with van der Waals surface area (Å²) in [5.74, 6) is -0.488. The van der Waals surface area contributed by atoms with Gasteiger partial charge in [-0.2, -0.15) is 0 Å². The molecule has 5 nitrogen and oxygen atoms in total. The summed E-state index contributed by atoms with van der Waals surface area (Å²) in [6.45, 7) is 9.22. The van der Waals surface area contributed by atoms with E-state index in [0.29, 0.717) is 16.3 Å². The molecule has 1 heterocycles. The maximum Gasteiger partial charge on any atom is 0.250 e. The van der Waals surface area contributed by atoms with E-state index in [4.69, 9.17) is 17.3 Å². The van der Waals surface area contributed by atoms with Crippen molar-refractivity contribution in [1.82, 2.24) is 5.32 Å². The minimum absolute atomic E-state index is 0.0537. The topological polar surface area (TPSA) is 70.4 Å². The van der Waals surface area contributed by atoms with Gasteiger partial charge in [-0.15, -0.1) is 0 Å². The summed E-state index contributed by atoms with van der Waals surface area (Å²) < 4.78 is 1.01.